The van der Waals surface area contributed by atoms with Crippen LogP contribution in [-0.2, 0) is 0 Å². The fourth-order valence-electron chi connectivity index (χ4n) is 2.85. The standard InChI is InChI=1S/C19H22N2O/c1-22-19-14-8-7-13-18(19)21-17-12-6-5-11-16(17)20-15-9-3-2-4-10-15/h2-10,13-14,16-17,20-21H,11-12H2,1H3/t16-,17-/m0/s1. The van der Waals surface area contributed by atoms with Gasteiger partial charge >= 0.3 is 0 Å². The average molecular weight is 294 g/mol. The molecule has 0 fully saturated rings. The molecular weight excluding hydrogens is 272 g/mol. The third-order valence-electron chi connectivity index (χ3n) is 4.01. The van der Waals surface area contributed by atoms with Crippen molar-refractivity contribution in [2.24, 2.45) is 0 Å². The monoisotopic (exact) mass is 294 g/mol. The molecule has 2 aromatic carbocycles. The Kier molecular flexibility index (Phi) is 4.64. The van der Waals surface area contributed by atoms with E-state index in [0.29, 0.717) is 12.1 Å². The molecule has 0 saturated carbocycles. The van der Waals surface area contributed by atoms with Crippen molar-refractivity contribution in [1.82, 2.24) is 0 Å². The second-order valence-corrected chi connectivity index (χ2v) is 5.51. The first-order valence-electron chi connectivity index (χ1n) is 7.73. The van der Waals surface area contributed by atoms with Crippen molar-refractivity contribution in [2.75, 3.05) is 17.7 Å². The molecule has 0 radical (unpaired) electrons. The lowest BCUT2D eigenvalue weighted by atomic mass is 9.95. The molecule has 0 amide bonds. The highest BCUT2D eigenvalue weighted by Crippen LogP contribution is 2.27. The highest BCUT2D eigenvalue weighted by molar-refractivity contribution is 5.57. The minimum Gasteiger partial charge on any atom is -0.495 e. The molecule has 0 heterocycles. The summed E-state index contributed by atoms with van der Waals surface area (Å²) in [5, 5.41) is 7.27. The van der Waals surface area contributed by atoms with Crippen molar-refractivity contribution >= 4 is 11.4 Å². The second kappa shape index (κ2) is 7.03. The van der Waals surface area contributed by atoms with E-state index in [4.69, 9.17) is 4.74 Å². The largest absolute Gasteiger partial charge is 0.495 e. The van der Waals surface area contributed by atoms with Gasteiger partial charge in [0.05, 0.1) is 18.8 Å². The number of nitrogens with one attached hydrogen (secondary N) is 2. The summed E-state index contributed by atoms with van der Waals surface area (Å²) in [5.74, 6) is 0.885. The average Bonchev–Trinajstić information content (AvgIpc) is 2.58. The molecule has 114 valence electrons. The highest BCUT2D eigenvalue weighted by Gasteiger charge is 2.23. The van der Waals surface area contributed by atoms with Gasteiger partial charge < -0.3 is 15.4 Å². The van der Waals surface area contributed by atoms with Gasteiger partial charge in [-0.1, -0.05) is 42.5 Å². The van der Waals surface area contributed by atoms with Gasteiger partial charge in [0.2, 0.25) is 0 Å². The summed E-state index contributed by atoms with van der Waals surface area (Å²) in [6.45, 7) is 0. The maximum atomic E-state index is 5.44. The van der Waals surface area contributed by atoms with E-state index in [1.807, 2.05) is 24.3 Å². The lowest BCUT2D eigenvalue weighted by Crippen LogP contribution is -2.40. The van der Waals surface area contributed by atoms with E-state index in [-0.39, 0.29) is 0 Å². The molecule has 0 aliphatic heterocycles. The van der Waals surface area contributed by atoms with Gasteiger partial charge in [-0.25, -0.2) is 0 Å². The Morgan fingerprint density at radius 2 is 1.45 bits per heavy atom. The molecule has 3 heteroatoms. The molecule has 3 rings (SSSR count). The molecule has 2 atom stereocenters. The minimum atomic E-state index is 0.335. The van der Waals surface area contributed by atoms with E-state index in [1.165, 1.54) is 0 Å². The third kappa shape index (κ3) is 3.42. The van der Waals surface area contributed by atoms with Crippen LogP contribution in [0.4, 0.5) is 11.4 Å². The normalized spacial score (nSPS) is 20.4. The summed E-state index contributed by atoms with van der Waals surface area (Å²) < 4.78 is 5.44. The van der Waals surface area contributed by atoms with Crippen LogP contribution < -0.4 is 15.4 Å². The van der Waals surface area contributed by atoms with E-state index in [9.17, 15) is 0 Å². The lowest BCUT2D eigenvalue weighted by molar-refractivity contribution is 0.415. The number of methoxy groups -OCH3 is 1. The molecule has 2 N–H and O–H groups in total. The van der Waals surface area contributed by atoms with E-state index < -0.39 is 0 Å². The second-order valence-electron chi connectivity index (χ2n) is 5.51. The Labute approximate surface area is 132 Å². The van der Waals surface area contributed by atoms with Crippen LogP contribution in [0.2, 0.25) is 0 Å². The van der Waals surface area contributed by atoms with Crippen LogP contribution in [-0.4, -0.2) is 19.2 Å². The van der Waals surface area contributed by atoms with Crippen LogP contribution in [0.15, 0.2) is 66.7 Å². The molecule has 0 saturated heterocycles. The van der Waals surface area contributed by atoms with Crippen molar-refractivity contribution < 1.29 is 4.74 Å². The Morgan fingerprint density at radius 3 is 2.18 bits per heavy atom. The van der Waals surface area contributed by atoms with Crippen molar-refractivity contribution in [1.29, 1.82) is 0 Å². The van der Waals surface area contributed by atoms with Crippen molar-refractivity contribution in [2.45, 2.75) is 24.9 Å². The molecule has 1 aliphatic rings. The zero-order valence-electron chi connectivity index (χ0n) is 12.8. The number of rotatable bonds is 5. The number of ether oxygens (including phenoxy) is 1. The predicted octanol–water partition coefficient (Wildman–Crippen LogP) is 4.31. The maximum Gasteiger partial charge on any atom is 0.141 e. The fourth-order valence-corrected chi connectivity index (χ4v) is 2.85. The predicted molar refractivity (Wildman–Crippen MR) is 92.6 cm³/mol. The Hall–Kier alpha value is -2.42. The van der Waals surface area contributed by atoms with Crippen LogP contribution in [0.1, 0.15) is 12.8 Å². The topological polar surface area (TPSA) is 33.3 Å². The van der Waals surface area contributed by atoms with Crippen molar-refractivity contribution in [3.63, 3.8) is 0 Å². The summed E-state index contributed by atoms with van der Waals surface area (Å²) in [6, 6.07) is 19.1. The molecule has 1 aliphatic carbocycles. The molecule has 22 heavy (non-hydrogen) atoms. The molecule has 0 unspecified atom stereocenters. The summed E-state index contributed by atoms with van der Waals surface area (Å²) >= 11 is 0. The SMILES string of the molecule is COc1ccccc1N[C@H]1CC=CC[C@@H]1Nc1ccccc1. The van der Waals surface area contributed by atoms with Crippen molar-refractivity contribution in [3.8, 4) is 5.75 Å². The fraction of sp³-hybridized carbons (Fsp3) is 0.263. The summed E-state index contributed by atoms with van der Waals surface area (Å²) in [7, 11) is 1.71. The number of hydrogen-bond donors (Lipinski definition) is 2. The van der Waals surface area contributed by atoms with Gasteiger partial charge in [0.25, 0.3) is 0 Å². The minimum absolute atomic E-state index is 0.335. The number of anilines is 2. The number of benzene rings is 2. The van der Waals surface area contributed by atoms with E-state index in [2.05, 4.69) is 53.1 Å². The van der Waals surface area contributed by atoms with Gasteiger partial charge in [-0.05, 0) is 37.1 Å². The third-order valence-corrected chi connectivity index (χ3v) is 4.01. The summed E-state index contributed by atoms with van der Waals surface area (Å²) in [6.07, 6.45) is 6.52. The van der Waals surface area contributed by atoms with E-state index in [0.717, 1.165) is 30.0 Å². The smallest absolute Gasteiger partial charge is 0.141 e. The molecule has 0 bridgehead atoms. The number of para-hydroxylation sites is 3. The first kappa shape index (κ1) is 14.5. The highest BCUT2D eigenvalue weighted by atomic mass is 16.5. The first-order chi connectivity index (χ1) is 10.9. The Balaban J connectivity index is 1.74. The van der Waals surface area contributed by atoms with E-state index in [1.54, 1.807) is 7.11 Å². The zero-order valence-corrected chi connectivity index (χ0v) is 12.8. The molecule has 2 aromatic rings. The van der Waals surface area contributed by atoms with E-state index >= 15 is 0 Å². The van der Waals surface area contributed by atoms with Gasteiger partial charge in [0, 0.05) is 11.7 Å². The van der Waals surface area contributed by atoms with Gasteiger partial charge in [-0.3, -0.25) is 0 Å². The Morgan fingerprint density at radius 1 is 0.818 bits per heavy atom. The number of hydrogen-bond acceptors (Lipinski definition) is 3. The molecular formula is C19H22N2O. The van der Waals surface area contributed by atoms with Crippen LogP contribution in [0.5, 0.6) is 5.75 Å². The Bertz CT molecular complexity index is 624. The lowest BCUT2D eigenvalue weighted by Gasteiger charge is -2.32. The maximum absolute atomic E-state index is 5.44. The zero-order chi connectivity index (χ0) is 15.2. The summed E-state index contributed by atoms with van der Waals surface area (Å²) in [5.41, 5.74) is 2.21. The molecule has 0 spiro atoms. The molecule has 3 nitrogen and oxygen atoms in total. The van der Waals surface area contributed by atoms with Gasteiger partial charge in [0.15, 0.2) is 0 Å². The van der Waals surface area contributed by atoms with Crippen LogP contribution in [0.3, 0.4) is 0 Å². The van der Waals surface area contributed by atoms with Gasteiger partial charge in [-0.15, -0.1) is 0 Å². The van der Waals surface area contributed by atoms with Crippen LogP contribution in [0, 0.1) is 0 Å². The van der Waals surface area contributed by atoms with Crippen molar-refractivity contribution in [3.05, 3.63) is 66.7 Å². The first-order valence-corrected chi connectivity index (χ1v) is 7.73. The van der Waals surface area contributed by atoms with Crippen LogP contribution >= 0.6 is 0 Å². The van der Waals surface area contributed by atoms with Crippen LogP contribution in [0.25, 0.3) is 0 Å². The summed E-state index contributed by atoms with van der Waals surface area (Å²) in [4.78, 5) is 0. The van der Waals surface area contributed by atoms with Gasteiger partial charge in [0.1, 0.15) is 5.75 Å². The quantitative estimate of drug-likeness (QED) is 0.806. The molecule has 0 aromatic heterocycles. The van der Waals surface area contributed by atoms with Gasteiger partial charge in [-0.2, -0.15) is 0 Å².